The summed E-state index contributed by atoms with van der Waals surface area (Å²) in [5, 5.41) is 2.70. The molecular formula is C22H27N3O4. The summed E-state index contributed by atoms with van der Waals surface area (Å²) in [6.07, 6.45) is 0. The van der Waals surface area contributed by atoms with E-state index < -0.39 is 0 Å². The van der Waals surface area contributed by atoms with Gasteiger partial charge in [-0.25, -0.2) is 0 Å². The minimum absolute atomic E-state index is 0.0135. The van der Waals surface area contributed by atoms with Crippen LogP contribution in [0.1, 0.15) is 17.3 Å². The molecule has 1 heterocycles. The highest BCUT2D eigenvalue weighted by Crippen LogP contribution is 2.28. The molecule has 1 N–H and O–H groups in total. The van der Waals surface area contributed by atoms with Crippen LogP contribution >= 0.6 is 0 Å². The highest BCUT2D eigenvalue weighted by Gasteiger charge is 2.23. The fourth-order valence-electron chi connectivity index (χ4n) is 3.30. The number of nitrogens with one attached hydrogen (secondary N) is 1. The molecule has 154 valence electrons. The van der Waals surface area contributed by atoms with Crippen LogP contribution in [0.15, 0.2) is 48.5 Å². The van der Waals surface area contributed by atoms with Crippen LogP contribution in [0, 0.1) is 0 Å². The maximum Gasteiger partial charge on any atom is 0.251 e. The Morgan fingerprint density at radius 1 is 1.00 bits per heavy atom. The molecule has 0 atom stereocenters. The number of hydrogen-bond donors (Lipinski definition) is 1. The molecule has 2 aromatic rings. The zero-order valence-corrected chi connectivity index (χ0v) is 16.9. The van der Waals surface area contributed by atoms with Crippen LogP contribution in [0.3, 0.4) is 0 Å². The lowest BCUT2D eigenvalue weighted by atomic mass is 10.2. The second kappa shape index (κ2) is 9.82. The van der Waals surface area contributed by atoms with Crippen LogP contribution in [0.2, 0.25) is 0 Å². The van der Waals surface area contributed by atoms with E-state index >= 15 is 0 Å². The van der Waals surface area contributed by atoms with Gasteiger partial charge in [0.05, 0.1) is 25.9 Å². The number of ether oxygens (including phenoxy) is 2. The van der Waals surface area contributed by atoms with E-state index in [-0.39, 0.29) is 18.4 Å². The summed E-state index contributed by atoms with van der Waals surface area (Å²) in [6.45, 7) is 5.23. The molecule has 1 saturated heterocycles. The summed E-state index contributed by atoms with van der Waals surface area (Å²) < 4.78 is 10.8. The zero-order valence-electron chi connectivity index (χ0n) is 16.9. The summed E-state index contributed by atoms with van der Waals surface area (Å²) in [5.41, 5.74) is 1.55. The number of amides is 2. The first-order valence-corrected chi connectivity index (χ1v) is 9.79. The molecule has 1 aliphatic heterocycles. The van der Waals surface area contributed by atoms with Gasteiger partial charge < -0.3 is 24.6 Å². The number of anilines is 1. The Kier molecular flexibility index (Phi) is 6.94. The van der Waals surface area contributed by atoms with Gasteiger partial charge in [0.1, 0.15) is 11.5 Å². The van der Waals surface area contributed by atoms with Crippen molar-refractivity contribution >= 4 is 17.5 Å². The summed E-state index contributed by atoms with van der Waals surface area (Å²) in [4.78, 5) is 28.7. The number of benzene rings is 2. The Balaban J connectivity index is 1.49. The van der Waals surface area contributed by atoms with Crippen molar-refractivity contribution in [3.63, 3.8) is 0 Å². The Hall–Kier alpha value is -3.22. The Bertz CT molecular complexity index is 830. The smallest absolute Gasteiger partial charge is 0.251 e. The maximum atomic E-state index is 12.5. The number of piperazine rings is 1. The van der Waals surface area contributed by atoms with Crippen molar-refractivity contribution in [2.24, 2.45) is 0 Å². The van der Waals surface area contributed by atoms with Crippen molar-refractivity contribution in [3.05, 3.63) is 54.1 Å². The number of para-hydroxylation sites is 2. The van der Waals surface area contributed by atoms with Gasteiger partial charge >= 0.3 is 0 Å². The van der Waals surface area contributed by atoms with Crippen molar-refractivity contribution in [2.75, 3.05) is 51.3 Å². The number of carbonyl (C=O) groups excluding carboxylic acids is 2. The predicted molar refractivity (Wildman–Crippen MR) is 112 cm³/mol. The van der Waals surface area contributed by atoms with Crippen molar-refractivity contribution in [1.29, 1.82) is 0 Å². The van der Waals surface area contributed by atoms with Crippen LogP contribution in [0.25, 0.3) is 0 Å². The molecule has 0 aliphatic carbocycles. The standard InChI is InChI=1S/C22H27N3O4/c1-3-29-20-7-5-4-6-19(20)24-12-14-25(15-13-24)21(26)16-23-22(27)17-8-10-18(28-2)11-9-17/h4-11H,3,12-16H2,1-2H3,(H,23,27). The molecule has 7 nitrogen and oxygen atoms in total. The molecular weight excluding hydrogens is 370 g/mol. The molecule has 0 spiro atoms. The molecule has 2 aromatic carbocycles. The third-order valence-corrected chi connectivity index (χ3v) is 4.89. The Morgan fingerprint density at radius 3 is 2.34 bits per heavy atom. The van der Waals surface area contributed by atoms with E-state index in [1.165, 1.54) is 0 Å². The second-order valence-corrected chi connectivity index (χ2v) is 6.68. The quantitative estimate of drug-likeness (QED) is 0.775. The largest absolute Gasteiger partial charge is 0.497 e. The Morgan fingerprint density at radius 2 is 1.69 bits per heavy atom. The number of carbonyl (C=O) groups is 2. The minimum Gasteiger partial charge on any atom is -0.497 e. The van der Waals surface area contributed by atoms with E-state index in [0.29, 0.717) is 31.0 Å². The summed E-state index contributed by atoms with van der Waals surface area (Å²) in [7, 11) is 1.57. The number of nitrogens with zero attached hydrogens (tertiary/aromatic N) is 2. The molecule has 2 amide bonds. The molecule has 0 radical (unpaired) electrons. The molecule has 0 bridgehead atoms. The first-order chi connectivity index (χ1) is 14.1. The first kappa shape index (κ1) is 20.5. The van der Waals surface area contributed by atoms with Gasteiger partial charge in [-0.3, -0.25) is 9.59 Å². The van der Waals surface area contributed by atoms with E-state index in [1.54, 1.807) is 36.3 Å². The van der Waals surface area contributed by atoms with Gasteiger partial charge in [-0.05, 0) is 43.3 Å². The summed E-state index contributed by atoms with van der Waals surface area (Å²) in [5.74, 6) is 1.19. The van der Waals surface area contributed by atoms with Gasteiger partial charge in [0.15, 0.2) is 0 Å². The van der Waals surface area contributed by atoms with E-state index in [1.807, 2.05) is 31.2 Å². The van der Waals surface area contributed by atoms with Gasteiger partial charge in [0.25, 0.3) is 5.91 Å². The Labute approximate surface area is 171 Å². The van der Waals surface area contributed by atoms with Crippen LogP contribution in [0.5, 0.6) is 11.5 Å². The van der Waals surface area contributed by atoms with Crippen molar-refractivity contribution in [3.8, 4) is 11.5 Å². The number of methoxy groups -OCH3 is 1. The van der Waals surface area contributed by atoms with Crippen LogP contribution < -0.4 is 19.7 Å². The fourth-order valence-corrected chi connectivity index (χ4v) is 3.30. The van der Waals surface area contributed by atoms with Crippen molar-refractivity contribution in [1.82, 2.24) is 10.2 Å². The third-order valence-electron chi connectivity index (χ3n) is 4.89. The molecule has 3 rings (SSSR count). The molecule has 0 aromatic heterocycles. The highest BCUT2D eigenvalue weighted by atomic mass is 16.5. The van der Waals surface area contributed by atoms with Crippen molar-refractivity contribution in [2.45, 2.75) is 6.92 Å². The predicted octanol–water partition coefficient (Wildman–Crippen LogP) is 2.17. The van der Waals surface area contributed by atoms with Gasteiger partial charge in [-0.2, -0.15) is 0 Å². The van der Waals surface area contributed by atoms with Gasteiger partial charge in [0.2, 0.25) is 5.91 Å². The zero-order chi connectivity index (χ0) is 20.6. The molecule has 0 unspecified atom stereocenters. The minimum atomic E-state index is -0.273. The average molecular weight is 397 g/mol. The number of rotatable bonds is 7. The summed E-state index contributed by atoms with van der Waals surface area (Å²) >= 11 is 0. The van der Waals surface area contributed by atoms with E-state index in [9.17, 15) is 9.59 Å². The fraction of sp³-hybridized carbons (Fsp3) is 0.364. The molecule has 29 heavy (non-hydrogen) atoms. The van der Waals surface area contributed by atoms with Gasteiger partial charge in [0, 0.05) is 31.7 Å². The third kappa shape index (κ3) is 5.19. The SMILES string of the molecule is CCOc1ccccc1N1CCN(C(=O)CNC(=O)c2ccc(OC)cc2)CC1. The average Bonchev–Trinajstić information content (AvgIpc) is 2.78. The van der Waals surface area contributed by atoms with Crippen LogP contribution in [-0.2, 0) is 4.79 Å². The number of hydrogen-bond acceptors (Lipinski definition) is 5. The second-order valence-electron chi connectivity index (χ2n) is 6.68. The molecule has 1 fully saturated rings. The molecule has 1 aliphatic rings. The lowest BCUT2D eigenvalue weighted by Gasteiger charge is -2.36. The van der Waals surface area contributed by atoms with Crippen LogP contribution in [0.4, 0.5) is 5.69 Å². The van der Waals surface area contributed by atoms with E-state index in [4.69, 9.17) is 9.47 Å². The van der Waals surface area contributed by atoms with Gasteiger partial charge in [-0.1, -0.05) is 12.1 Å². The van der Waals surface area contributed by atoms with Gasteiger partial charge in [-0.15, -0.1) is 0 Å². The van der Waals surface area contributed by atoms with E-state index in [0.717, 1.165) is 24.5 Å². The highest BCUT2D eigenvalue weighted by molar-refractivity contribution is 5.96. The molecule has 7 heteroatoms. The van der Waals surface area contributed by atoms with E-state index in [2.05, 4.69) is 10.2 Å². The first-order valence-electron chi connectivity index (χ1n) is 9.79. The topological polar surface area (TPSA) is 71.1 Å². The molecule has 0 saturated carbocycles. The van der Waals surface area contributed by atoms with Crippen LogP contribution in [-0.4, -0.2) is 63.2 Å². The maximum absolute atomic E-state index is 12.5. The van der Waals surface area contributed by atoms with Crippen molar-refractivity contribution < 1.29 is 19.1 Å². The lowest BCUT2D eigenvalue weighted by Crippen LogP contribution is -2.51. The lowest BCUT2D eigenvalue weighted by molar-refractivity contribution is -0.130. The summed E-state index contributed by atoms with van der Waals surface area (Å²) in [6, 6.07) is 14.7. The monoisotopic (exact) mass is 397 g/mol. The normalized spacial score (nSPS) is 13.7.